The van der Waals surface area contributed by atoms with Gasteiger partial charge in [0.1, 0.15) is 24.4 Å². The molecule has 0 unspecified atom stereocenters. The summed E-state index contributed by atoms with van der Waals surface area (Å²) in [6.45, 7) is 1.46. The summed E-state index contributed by atoms with van der Waals surface area (Å²) < 4.78 is 44.8. The number of rotatable bonds is 12. The molecule has 7 heteroatoms. The van der Waals surface area contributed by atoms with Gasteiger partial charge >= 0.3 is 5.97 Å². The van der Waals surface area contributed by atoms with Crippen molar-refractivity contribution < 1.29 is 33.2 Å². The summed E-state index contributed by atoms with van der Waals surface area (Å²) in [4.78, 5) is 0. The summed E-state index contributed by atoms with van der Waals surface area (Å²) in [5.41, 5.74) is 3.89. The number of fused-ring (bicyclic) bond motifs is 1. The van der Waals surface area contributed by atoms with E-state index in [9.17, 15) is 0 Å². The lowest BCUT2D eigenvalue weighted by atomic mass is 9.98. The van der Waals surface area contributed by atoms with Crippen LogP contribution in [0.3, 0.4) is 0 Å². The van der Waals surface area contributed by atoms with Crippen molar-refractivity contribution in [3.63, 3.8) is 0 Å². The summed E-state index contributed by atoms with van der Waals surface area (Å²) >= 11 is 0. The highest BCUT2D eigenvalue weighted by molar-refractivity contribution is 5.20. The van der Waals surface area contributed by atoms with Crippen molar-refractivity contribution in [2.45, 2.75) is 56.5 Å². The van der Waals surface area contributed by atoms with Gasteiger partial charge in [-0.05, 0) is 16.7 Å². The van der Waals surface area contributed by atoms with Crippen molar-refractivity contribution >= 4 is 0 Å². The van der Waals surface area contributed by atoms with E-state index in [-0.39, 0.29) is 6.61 Å². The largest absolute Gasteiger partial charge is 0.374 e. The number of ether oxygens (including phenoxy) is 7. The number of hydrogen-bond acceptors (Lipinski definition) is 7. The van der Waals surface area contributed by atoms with E-state index in [1.54, 1.807) is 7.11 Å². The van der Waals surface area contributed by atoms with E-state index in [0.29, 0.717) is 19.8 Å². The minimum Gasteiger partial charge on any atom is -0.374 e. The molecule has 0 N–H and O–H groups in total. The third-order valence-corrected chi connectivity index (χ3v) is 7.51. The first-order chi connectivity index (χ1) is 20.7. The van der Waals surface area contributed by atoms with Crippen LogP contribution in [0.5, 0.6) is 0 Å². The first-order valence-corrected chi connectivity index (χ1v) is 14.3. The van der Waals surface area contributed by atoms with E-state index in [1.807, 2.05) is 121 Å². The molecule has 0 aliphatic carbocycles. The normalized spacial score (nSPS) is 27.0. The van der Waals surface area contributed by atoms with Gasteiger partial charge in [0, 0.05) is 12.7 Å². The standard InChI is InChI=1S/C35H36O7/c1-36-35(29-20-12-5-13-21-29)41-33-32(39-24-28-18-10-4-11-19-28)31(38-23-27-16-8-3-9-17-27)30(40-34(33)42-35)25-37-22-26-14-6-2-7-15-26/h2-21,30-34H,22-25H2,1H3/t30-,31-,32+,33-,34-,35+/m1/s1. The zero-order valence-corrected chi connectivity index (χ0v) is 23.6. The molecule has 0 bridgehead atoms. The van der Waals surface area contributed by atoms with Crippen LogP contribution in [0.15, 0.2) is 121 Å². The van der Waals surface area contributed by atoms with Gasteiger partial charge in [-0.3, -0.25) is 4.74 Å². The van der Waals surface area contributed by atoms with Crippen LogP contribution in [0, 0.1) is 0 Å². The molecule has 2 heterocycles. The maximum atomic E-state index is 6.63. The van der Waals surface area contributed by atoms with E-state index >= 15 is 0 Å². The van der Waals surface area contributed by atoms with Gasteiger partial charge in [-0.2, -0.15) is 0 Å². The minimum atomic E-state index is -1.45. The van der Waals surface area contributed by atoms with Crippen molar-refractivity contribution in [3.8, 4) is 0 Å². The van der Waals surface area contributed by atoms with Gasteiger partial charge < -0.3 is 28.4 Å². The summed E-state index contributed by atoms with van der Waals surface area (Å²) in [5.74, 6) is -1.45. The molecule has 2 saturated heterocycles. The molecule has 4 aromatic carbocycles. The predicted molar refractivity (Wildman–Crippen MR) is 156 cm³/mol. The Labute approximate surface area is 246 Å². The van der Waals surface area contributed by atoms with Gasteiger partial charge in [0.15, 0.2) is 6.29 Å². The maximum absolute atomic E-state index is 6.63. The lowest BCUT2D eigenvalue weighted by molar-refractivity contribution is -0.357. The highest BCUT2D eigenvalue weighted by Gasteiger charge is 2.59. The maximum Gasteiger partial charge on any atom is 0.314 e. The molecule has 0 saturated carbocycles. The topological polar surface area (TPSA) is 64.6 Å². The second-order valence-corrected chi connectivity index (χ2v) is 10.4. The van der Waals surface area contributed by atoms with Crippen LogP contribution in [0.1, 0.15) is 22.3 Å². The van der Waals surface area contributed by atoms with E-state index < -0.39 is 36.7 Å². The van der Waals surface area contributed by atoms with E-state index in [4.69, 9.17) is 33.2 Å². The number of methoxy groups -OCH3 is 1. The van der Waals surface area contributed by atoms with Crippen LogP contribution in [-0.2, 0) is 59.0 Å². The molecule has 2 aliphatic heterocycles. The molecule has 0 amide bonds. The molecule has 0 radical (unpaired) electrons. The molecule has 0 spiro atoms. The highest BCUT2D eigenvalue weighted by atomic mass is 16.9. The average molecular weight is 569 g/mol. The molecule has 6 atom stereocenters. The Morgan fingerprint density at radius 1 is 0.595 bits per heavy atom. The summed E-state index contributed by atoms with van der Waals surface area (Å²) in [6.07, 6.45) is -2.95. The Bertz CT molecular complexity index is 1360. The molecule has 42 heavy (non-hydrogen) atoms. The third-order valence-electron chi connectivity index (χ3n) is 7.51. The van der Waals surface area contributed by atoms with E-state index in [1.165, 1.54) is 0 Å². The van der Waals surface area contributed by atoms with Crippen LogP contribution in [0.4, 0.5) is 0 Å². The van der Waals surface area contributed by atoms with Gasteiger partial charge in [0.25, 0.3) is 0 Å². The fraction of sp³-hybridized carbons (Fsp3) is 0.314. The van der Waals surface area contributed by atoms with Gasteiger partial charge in [0.05, 0.1) is 26.4 Å². The second-order valence-electron chi connectivity index (χ2n) is 10.4. The predicted octanol–water partition coefficient (Wildman–Crippen LogP) is 5.97. The molecule has 6 rings (SSSR count). The Hall–Kier alpha value is -3.40. The van der Waals surface area contributed by atoms with Crippen molar-refractivity contribution in [1.29, 1.82) is 0 Å². The second kappa shape index (κ2) is 13.7. The first-order valence-electron chi connectivity index (χ1n) is 14.3. The zero-order valence-electron chi connectivity index (χ0n) is 23.6. The number of hydrogen-bond donors (Lipinski definition) is 0. The van der Waals surface area contributed by atoms with Gasteiger partial charge in [-0.25, -0.2) is 0 Å². The third kappa shape index (κ3) is 6.64. The molecule has 4 aromatic rings. The van der Waals surface area contributed by atoms with Gasteiger partial charge in [-0.15, -0.1) is 0 Å². The SMILES string of the molecule is CO[C@]1(c2ccccc2)O[C@H]2O[C@H](COCc3ccccc3)[C@@H](OCc3ccccc3)[C@H](OCc3ccccc3)[C@H]2O1. The highest BCUT2D eigenvalue weighted by Crippen LogP contribution is 2.44. The lowest BCUT2D eigenvalue weighted by Gasteiger charge is -2.42. The molecular weight excluding hydrogens is 532 g/mol. The Morgan fingerprint density at radius 3 is 1.64 bits per heavy atom. The van der Waals surface area contributed by atoms with Gasteiger partial charge in [0.2, 0.25) is 0 Å². The average Bonchev–Trinajstić information content (AvgIpc) is 3.44. The molecule has 0 aromatic heterocycles. The molecular formula is C35H36O7. The first kappa shape index (κ1) is 28.7. The molecule has 2 aliphatic rings. The monoisotopic (exact) mass is 568 g/mol. The smallest absolute Gasteiger partial charge is 0.314 e. The van der Waals surface area contributed by atoms with E-state index in [2.05, 4.69) is 0 Å². The van der Waals surface area contributed by atoms with Crippen LogP contribution in [-0.4, -0.2) is 44.4 Å². The minimum absolute atomic E-state index is 0.275. The van der Waals surface area contributed by atoms with Crippen molar-refractivity contribution in [1.82, 2.24) is 0 Å². The van der Waals surface area contributed by atoms with Crippen molar-refractivity contribution in [2.24, 2.45) is 0 Å². The fourth-order valence-electron chi connectivity index (χ4n) is 5.38. The van der Waals surface area contributed by atoms with Crippen molar-refractivity contribution in [2.75, 3.05) is 13.7 Å². The fourth-order valence-corrected chi connectivity index (χ4v) is 5.38. The van der Waals surface area contributed by atoms with E-state index in [0.717, 1.165) is 22.3 Å². The zero-order chi connectivity index (χ0) is 28.6. The summed E-state index contributed by atoms with van der Waals surface area (Å²) in [5, 5.41) is 0. The lowest BCUT2D eigenvalue weighted by Crippen LogP contribution is -2.59. The molecule has 218 valence electrons. The molecule has 2 fully saturated rings. The Kier molecular flexibility index (Phi) is 9.37. The van der Waals surface area contributed by atoms with Crippen LogP contribution < -0.4 is 0 Å². The summed E-state index contributed by atoms with van der Waals surface area (Å²) in [6, 6.07) is 39.7. The van der Waals surface area contributed by atoms with Crippen LogP contribution in [0.25, 0.3) is 0 Å². The Morgan fingerprint density at radius 2 is 1.10 bits per heavy atom. The number of benzene rings is 4. The Balaban J connectivity index is 1.29. The van der Waals surface area contributed by atoms with Crippen LogP contribution in [0.2, 0.25) is 0 Å². The van der Waals surface area contributed by atoms with Crippen molar-refractivity contribution in [3.05, 3.63) is 144 Å². The quantitative estimate of drug-likeness (QED) is 0.209. The van der Waals surface area contributed by atoms with Gasteiger partial charge in [-0.1, -0.05) is 121 Å². The summed E-state index contributed by atoms with van der Waals surface area (Å²) in [7, 11) is 1.56. The molecule has 7 nitrogen and oxygen atoms in total. The van der Waals surface area contributed by atoms with Crippen LogP contribution >= 0.6 is 0 Å².